The molecule has 3 nitrogen and oxygen atoms in total. The van der Waals surface area contributed by atoms with Crippen molar-refractivity contribution < 1.29 is 13.2 Å². The van der Waals surface area contributed by atoms with Gasteiger partial charge in [-0.1, -0.05) is 11.6 Å². The van der Waals surface area contributed by atoms with Gasteiger partial charge in [0.1, 0.15) is 5.15 Å². The summed E-state index contributed by atoms with van der Waals surface area (Å²) in [5.74, 6) is 0. The van der Waals surface area contributed by atoms with Crippen molar-refractivity contribution >= 4 is 11.6 Å². The predicted octanol–water partition coefficient (Wildman–Crippen LogP) is 2.62. The Hall–Kier alpha value is -0.750. The van der Waals surface area contributed by atoms with Crippen LogP contribution >= 0.6 is 11.6 Å². The summed E-state index contributed by atoms with van der Waals surface area (Å²) in [6, 6.07) is 0. The molecule has 2 N–H and O–H groups in total. The summed E-state index contributed by atoms with van der Waals surface area (Å²) in [6.45, 7) is 0. The highest BCUT2D eigenvalue weighted by atomic mass is 35.5. The molecule has 0 unspecified atom stereocenters. The predicted molar refractivity (Wildman–Crippen MR) is 60.3 cm³/mol. The molecular weight excluding hydrogens is 267 g/mol. The molecule has 18 heavy (non-hydrogen) atoms. The van der Waals surface area contributed by atoms with Crippen LogP contribution in [0.5, 0.6) is 0 Å². The molecule has 2 fully saturated rings. The molecule has 0 aromatic carbocycles. The van der Waals surface area contributed by atoms with Crippen molar-refractivity contribution in [3.63, 3.8) is 0 Å². The lowest BCUT2D eigenvalue weighted by molar-refractivity contribution is -0.142. The van der Waals surface area contributed by atoms with Gasteiger partial charge in [-0.15, -0.1) is 0 Å². The number of aromatic nitrogens is 2. The lowest BCUT2D eigenvalue weighted by Gasteiger charge is -2.24. The Balaban J connectivity index is 2.18. The van der Waals surface area contributed by atoms with Gasteiger partial charge in [0.15, 0.2) is 5.69 Å². The van der Waals surface area contributed by atoms with E-state index in [1.165, 1.54) is 7.05 Å². The minimum absolute atomic E-state index is 0.0662. The third-order valence-corrected chi connectivity index (χ3v) is 4.65. The van der Waals surface area contributed by atoms with Gasteiger partial charge in [0.05, 0.1) is 0 Å². The van der Waals surface area contributed by atoms with Crippen LogP contribution in [0.4, 0.5) is 13.2 Å². The van der Waals surface area contributed by atoms with Crippen molar-refractivity contribution in [2.24, 2.45) is 12.8 Å². The quantitative estimate of drug-likeness (QED) is 0.904. The summed E-state index contributed by atoms with van der Waals surface area (Å²) < 4.78 is 40.2. The molecule has 2 saturated carbocycles. The number of aryl methyl sites for hydroxylation is 1. The van der Waals surface area contributed by atoms with Crippen LogP contribution in [-0.2, 0) is 18.6 Å². The first-order valence-corrected chi connectivity index (χ1v) is 6.18. The molecule has 0 aliphatic heterocycles. The van der Waals surface area contributed by atoms with Gasteiger partial charge in [-0.25, -0.2) is 0 Å². The molecule has 0 saturated heterocycles. The van der Waals surface area contributed by atoms with Gasteiger partial charge in [-0.2, -0.15) is 18.3 Å². The van der Waals surface area contributed by atoms with Gasteiger partial charge in [0, 0.05) is 23.6 Å². The number of alkyl halides is 3. The van der Waals surface area contributed by atoms with Gasteiger partial charge >= 0.3 is 6.18 Å². The number of nitrogens with zero attached hydrogens (tertiary/aromatic N) is 2. The first-order chi connectivity index (χ1) is 8.21. The first-order valence-electron chi connectivity index (χ1n) is 5.80. The van der Waals surface area contributed by atoms with Crippen LogP contribution < -0.4 is 5.73 Å². The van der Waals surface area contributed by atoms with Crippen molar-refractivity contribution in [1.29, 1.82) is 0 Å². The maximum Gasteiger partial charge on any atom is 0.435 e. The average molecular weight is 280 g/mol. The molecule has 0 radical (unpaired) electrons. The summed E-state index contributed by atoms with van der Waals surface area (Å²) >= 11 is 6.02. The molecule has 1 aromatic heterocycles. The second kappa shape index (κ2) is 3.22. The molecular formula is C11H13ClF3N3. The largest absolute Gasteiger partial charge is 0.435 e. The molecule has 100 valence electrons. The Morgan fingerprint density at radius 2 is 1.83 bits per heavy atom. The highest BCUT2D eigenvalue weighted by Crippen LogP contribution is 2.66. The summed E-state index contributed by atoms with van der Waals surface area (Å²) in [4.78, 5) is 0. The van der Waals surface area contributed by atoms with Crippen molar-refractivity contribution in [3.8, 4) is 0 Å². The van der Waals surface area contributed by atoms with Crippen molar-refractivity contribution in [2.45, 2.75) is 42.8 Å². The highest BCUT2D eigenvalue weighted by molar-refractivity contribution is 6.30. The highest BCUT2D eigenvalue weighted by Gasteiger charge is 2.67. The molecule has 0 atom stereocenters. The van der Waals surface area contributed by atoms with Crippen LogP contribution in [0.15, 0.2) is 0 Å². The zero-order valence-corrected chi connectivity index (χ0v) is 10.6. The lowest BCUT2D eigenvalue weighted by atomic mass is 9.86. The molecule has 3 rings (SSSR count). The van der Waals surface area contributed by atoms with E-state index < -0.39 is 22.8 Å². The van der Waals surface area contributed by atoms with E-state index >= 15 is 0 Å². The van der Waals surface area contributed by atoms with Crippen molar-refractivity contribution in [2.75, 3.05) is 0 Å². The molecule has 2 aliphatic rings. The smallest absolute Gasteiger partial charge is 0.324 e. The van der Waals surface area contributed by atoms with E-state index in [2.05, 4.69) is 5.10 Å². The standard InChI is InChI=1S/C11H13ClF3N3/c1-18-8(12)6(7(17-18)11(13,14)15)9(2-3-9)10(16)4-5-10/h2-5,16H2,1H3. The average Bonchev–Trinajstić information content (AvgIpc) is 3.12. The van der Waals surface area contributed by atoms with E-state index in [1.54, 1.807) is 0 Å². The monoisotopic (exact) mass is 279 g/mol. The van der Waals surface area contributed by atoms with Crippen molar-refractivity contribution in [1.82, 2.24) is 9.78 Å². The Bertz CT molecular complexity index is 512. The molecule has 0 spiro atoms. The third kappa shape index (κ3) is 1.45. The molecule has 2 aliphatic carbocycles. The lowest BCUT2D eigenvalue weighted by Crippen LogP contribution is -2.38. The fraction of sp³-hybridized carbons (Fsp3) is 0.727. The van der Waals surface area contributed by atoms with E-state index in [-0.39, 0.29) is 10.7 Å². The van der Waals surface area contributed by atoms with Crippen LogP contribution in [0.1, 0.15) is 36.9 Å². The maximum absolute atomic E-state index is 13.0. The number of halogens is 4. The summed E-state index contributed by atoms with van der Waals surface area (Å²) in [6.07, 6.45) is -1.64. The normalized spacial score (nSPS) is 24.1. The molecule has 1 aromatic rings. The Morgan fingerprint density at radius 3 is 2.22 bits per heavy atom. The second-order valence-electron chi connectivity index (χ2n) is 5.37. The summed E-state index contributed by atoms with van der Waals surface area (Å²) in [5, 5.41) is 3.60. The number of hydrogen-bond acceptors (Lipinski definition) is 2. The molecule has 0 bridgehead atoms. The van der Waals surface area contributed by atoms with Crippen LogP contribution in [0.25, 0.3) is 0 Å². The topological polar surface area (TPSA) is 43.8 Å². The maximum atomic E-state index is 13.0. The van der Waals surface area contributed by atoms with E-state index in [4.69, 9.17) is 17.3 Å². The Kier molecular flexibility index (Phi) is 2.20. The Labute approximate surface area is 107 Å². The number of hydrogen-bond donors (Lipinski definition) is 1. The van der Waals surface area contributed by atoms with E-state index in [0.29, 0.717) is 12.8 Å². The number of rotatable bonds is 2. The van der Waals surface area contributed by atoms with Gasteiger partial charge in [0.25, 0.3) is 0 Å². The van der Waals surface area contributed by atoms with Gasteiger partial charge in [0.2, 0.25) is 0 Å². The Morgan fingerprint density at radius 1 is 1.28 bits per heavy atom. The first kappa shape index (κ1) is 12.3. The minimum Gasteiger partial charge on any atom is -0.324 e. The van der Waals surface area contributed by atoms with Crippen LogP contribution in [0.2, 0.25) is 5.15 Å². The van der Waals surface area contributed by atoms with Crippen LogP contribution in [0, 0.1) is 0 Å². The van der Waals surface area contributed by atoms with E-state index in [0.717, 1.165) is 17.5 Å². The van der Waals surface area contributed by atoms with E-state index in [1.807, 2.05) is 0 Å². The summed E-state index contributed by atoms with van der Waals surface area (Å²) in [5.41, 5.74) is 4.26. The van der Waals surface area contributed by atoms with Gasteiger partial charge in [-0.3, -0.25) is 4.68 Å². The van der Waals surface area contributed by atoms with Gasteiger partial charge in [-0.05, 0) is 25.7 Å². The zero-order chi connectivity index (χ0) is 13.3. The molecule has 0 amide bonds. The third-order valence-electron chi connectivity index (χ3n) is 4.22. The van der Waals surface area contributed by atoms with Gasteiger partial charge < -0.3 is 5.73 Å². The molecule has 1 heterocycles. The fourth-order valence-electron chi connectivity index (χ4n) is 2.86. The fourth-order valence-corrected chi connectivity index (χ4v) is 3.17. The van der Waals surface area contributed by atoms with E-state index in [9.17, 15) is 13.2 Å². The second-order valence-corrected chi connectivity index (χ2v) is 5.73. The SMILES string of the molecule is Cn1nc(C(F)(F)F)c(C2(C3(N)CC3)CC2)c1Cl. The van der Waals surface area contributed by atoms with Crippen molar-refractivity contribution in [3.05, 3.63) is 16.4 Å². The van der Waals surface area contributed by atoms with Crippen LogP contribution in [-0.4, -0.2) is 15.3 Å². The zero-order valence-electron chi connectivity index (χ0n) is 9.81. The molecule has 7 heteroatoms. The minimum atomic E-state index is -4.49. The number of nitrogens with two attached hydrogens (primary N) is 1. The van der Waals surface area contributed by atoms with Crippen LogP contribution in [0.3, 0.4) is 0 Å². The summed E-state index contributed by atoms with van der Waals surface area (Å²) in [7, 11) is 1.42.